The predicted octanol–water partition coefficient (Wildman–Crippen LogP) is 1.75. The first-order valence-electron chi connectivity index (χ1n) is 8.14. The molecule has 0 aliphatic heterocycles. The van der Waals surface area contributed by atoms with E-state index in [0.717, 1.165) is 12.1 Å². The van der Waals surface area contributed by atoms with Crippen LogP contribution in [-0.4, -0.2) is 17.1 Å². The Morgan fingerprint density at radius 3 is 2.00 bits per heavy atom. The summed E-state index contributed by atoms with van der Waals surface area (Å²) in [5.74, 6) is 0.632. The summed E-state index contributed by atoms with van der Waals surface area (Å²) >= 11 is 0. The molecule has 2 aromatic carbocycles. The van der Waals surface area contributed by atoms with E-state index in [9.17, 15) is 22.8 Å². The van der Waals surface area contributed by atoms with Crippen molar-refractivity contribution in [2.75, 3.05) is 7.11 Å². The number of ether oxygens (including phenoxy) is 1. The van der Waals surface area contributed by atoms with Gasteiger partial charge in [-0.2, -0.15) is 13.2 Å². The van der Waals surface area contributed by atoms with Crippen LogP contribution in [0.2, 0.25) is 0 Å². The van der Waals surface area contributed by atoms with E-state index in [2.05, 4.69) is 9.97 Å². The van der Waals surface area contributed by atoms with Crippen molar-refractivity contribution in [3.05, 3.63) is 96.6 Å². The van der Waals surface area contributed by atoms with Crippen molar-refractivity contribution in [2.45, 2.75) is 6.18 Å². The predicted molar refractivity (Wildman–Crippen MR) is 98.5 cm³/mol. The fourth-order valence-electron chi connectivity index (χ4n) is 2.60. The largest absolute Gasteiger partial charge is 0.497 e. The van der Waals surface area contributed by atoms with Crippen LogP contribution in [0.3, 0.4) is 0 Å². The number of H-pyrrole nitrogens is 2. The van der Waals surface area contributed by atoms with Crippen LogP contribution in [0.25, 0.3) is 12.2 Å². The van der Waals surface area contributed by atoms with E-state index in [4.69, 9.17) is 4.74 Å². The van der Waals surface area contributed by atoms with Crippen molar-refractivity contribution >= 4 is 12.2 Å². The molecule has 1 heterocycles. The average Bonchev–Trinajstić information content (AvgIpc) is 2.66. The van der Waals surface area contributed by atoms with Crippen molar-refractivity contribution < 1.29 is 17.9 Å². The molecule has 0 atom stereocenters. The van der Waals surface area contributed by atoms with Gasteiger partial charge in [0.15, 0.2) is 0 Å². The van der Waals surface area contributed by atoms with Crippen molar-refractivity contribution in [2.24, 2.45) is 0 Å². The molecule has 0 bridgehead atoms. The minimum Gasteiger partial charge on any atom is -0.497 e. The molecule has 1 aromatic heterocycles. The number of aromatic amines is 2. The lowest BCUT2D eigenvalue weighted by Gasteiger charge is -2.09. The van der Waals surface area contributed by atoms with E-state index in [1.165, 1.54) is 31.4 Å². The maximum atomic E-state index is 13.1. The number of alkyl halides is 3. The van der Waals surface area contributed by atoms with Crippen LogP contribution in [0.4, 0.5) is 13.2 Å². The summed E-state index contributed by atoms with van der Waals surface area (Å²) in [4.78, 5) is 29.3. The Balaban J connectivity index is 2.11. The Hall–Kier alpha value is -3.55. The minimum atomic E-state index is -4.58. The van der Waals surface area contributed by atoms with Gasteiger partial charge in [-0.15, -0.1) is 0 Å². The number of benzene rings is 2. The summed E-state index contributed by atoms with van der Waals surface area (Å²) in [5, 5.41) is -0.287. The molecule has 3 rings (SSSR count). The Labute approximate surface area is 156 Å². The molecule has 3 aromatic rings. The molecule has 0 aliphatic rings. The normalized spacial score (nSPS) is 13.0. The summed E-state index contributed by atoms with van der Waals surface area (Å²) in [7, 11) is 1.52. The van der Waals surface area contributed by atoms with E-state index in [1.54, 1.807) is 24.3 Å². The first-order valence-corrected chi connectivity index (χ1v) is 8.14. The fraction of sp³-hybridized carbons (Fsp3) is 0.100. The van der Waals surface area contributed by atoms with E-state index in [1.807, 2.05) is 0 Å². The van der Waals surface area contributed by atoms with Crippen LogP contribution in [-0.2, 0) is 6.18 Å². The molecule has 5 nitrogen and oxygen atoms in total. The minimum absolute atomic E-state index is 0.0172. The standard InChI is InChI=1S/C20H15F3N2O3/c1-28-14-8-6-12(7-9-14)10-16-18(26)25-17(19(27)24-16)11-13-4-2-3-5-15(13)20(21,22)23/h2-11H,1H3,(H,24,27)(H,25,26). The zero-order valence-electron chi connectivity index (χ0n) is 14.6. The van der Waals surface area contributed by atoms with E-state index in [-0.39, 0.29) is 16.3 Å². The maximum Gasteiger partial charge on any atom is 0.416 e. The number of aromatic nitrogens is 2. The topological polar surface area (TPSA) is 75.0 Å². The lowest BCUT2D eigenvalue weighted by molar-refractivity contribution is -0.137. The Morgan fingerprint density at radius 1 is 0.857 bits per heavy atom. The van der Waals surface area contributed by atoms with Gasteiger partial charge in [0, 0.05) is 0 Å². The summed E-state index contributed by atoms with van der Waals surface area (Å²) in [6, 6.07) is 11.6. The van der Waals surface area contributed by atoms with Crippen molar-refractivity contribution in [3.63, 3.8) is 0 Å². The second-order valence-corrected chi connectivity index (χ2v) is 5.88. The van der Waals surface area contributed by atoms with Gasteiger partial charge < -0.3 is 14.7 Å². The third-order valence-corrected chi connectivity index (χ3v) is 3.98. The molecule has 144 valence electrons. The van der Waals surface area contributed by atoms with Gasteiger partial charge in [0.2, 0.25) is 0 Å². The van der Waals surface area contributed by atoms with E-state index in [0.29, 0.717) is 11.3 Å². The molecule has 0 spiro atoms. The fourth-order valence-corrected chi connectivity index (χ4v) is 2.60. The zero-order valence-corrected chi connectivity index (χ0v) is 14.6. The van der Waals surface area contributed by atoms with Gasteiger partial charge in [-0.1, -0.05) is 30.3 Å². The smallest absolute Gasteiger partial charge is 0.416 e. The average molecular weight is 388 g/mol. The molecule has 0 unspecified atom stereocenters. The van der Waals surface area contributed by atoms with Crippen molar-refractivity contribution in [1.82, 2.24) is 9.97 Å². The van der Waals surface area contributed by atoms with Gasteiger partial charge in [-0.25, -0.2) is 0 Å². The van der Waals surface area contributed by atoms with Crippen LogP contribution in [0.5, 0.6) is 5.75 Å². The lowest BCUT2D eigenvalue weighted by atomic mass is 10.1. The number of nitrogens with one attached hydrogen (secondary N) is 2. The molecule has 0 radical (unpaired) electrons. The molecule has 0 amide bonds. The third-order valence-electron chi connectivity index (χ3n) is 3.98. The second-order valence-electron chi connectivity index (χ2n) is 5.88. The summed E-state index contributed by atoms with van der Waals surface area (Å²) in [6.45, 7) is 0. The highest BCUT2D eigenvalue weighted by molar-refractivity contribution is 5.54. The highest BCUT2D eigenvalue weighted by Gasteiger charge is 2.32. The molecule has 8 heteroatoms. The zero-order chi connectivity index (χ0) is 20.3. The molecule has 0 aliphatic carbocycles. The van der Waals surface area contributed by atoms with Crippen LogP contribution in [0, 0.1) is 0 Å². The molecule has 0 saturated heterocycles. The van der Waals surface area contributed by atoms with Gasteiger partial charge >= 0.3 is 6.18 Å². The lowest BCUT2D eigenvalue weighted by Crippen LogP contribution is -2.46. The first kappa shape index (κ1) is 19.2. The van der Waals surface area contributed by atoms with Gasteiger partial charge in [-0.3, -0.25) is 9.59 Å². The monoisotopic (exact) mass is 388 g/mol. The summed E-state index contributed by atoms with van der Waals surface area (Å²) in [6.07, 6.45) is -2.13. The SMILES string of the molecule is COc1ccc(C=c2[nH]c(=O)c(=Cc3ccccc3C(F)(F)F)[nH]c2=O)cc1. The molecule has 0 fully saturated rings. The summed E-state index contributed by atoms with van der Waals surface area (Å²) in [5.41, 5.74) is -1.82. The summed E-state index contributed by atoms with van der Waals surface area (Å²) < 4.78 is 44.3. The van der Waals surface area contributed by atoms with E-state index < -0.39 is 22.9 Å². The maximum absolute atomic E-state index is 13.1. The van der Waals surface area contributed by atoms with Crippen LogP contribution in [0.15, 0.2) is 58.1 Å². The highest BCUT2D eigenvalue weighted by atomic mass is 19.4. The third kappa shape index (κ3) is 4.22. The number of methoxy groups -OCH3 is 1. The van der Waals surface area contributed by atoms with Gasteiger partial charge in [0.1, 0.15) is 16.4 Å². The van der Waals surface area contributed by atoms with Gasteiger partial charge in [0.05, 0.1) is 12.7 Å². The second kappa shape index (κ2) is 7.59. The van der Waals surface area contributed by atoms with Crippen molar-refractivity contribution in [1.29, 1.82) is 0 Å². The number of rotatable bonds is 3. The first-order chi connectivity index (χ1) is 13.3. The van der Waals surface area contributed by atoms with Gasteiger partial charge in [-0.05, 0) is 41.5 Å². The molecule has 28 heavy (non-hydrogen) atoms. The van der Waals surface area contributed by atoms with Gasteiger partial charge in [0.25, 0.3) is 11.1 Å². The molecular formula is C20H15F3N2O3. The number of hydrogen-bond donors (Lipinski definition) is 2. The van der Waals surface area contributed by atoms with Crippen molar-refractivity contribution in [3.8, 4) is 5.75 Å². The number of halogens is 3. The van der Waals surface area contributed by atoms with Crippen LogP contribution in [0.1, 0.15) is 16.7 Å². The molecule has 2 N–H and O–H groups in total. The van der Waals surface area contributed by atoms with E-state index >= 15 is 0 Å². The number of hydrogen-bond acceptors (Lipinski definition) is 3. The Bertz CT molecular complexity index is 1220. The molecular weight excluding hydrogens is 373 g/mol. The van der Waals surface area contributed by atoms with Crippen LogP contribution < -0.4 is 26.6 Å². The highest BCUT2D eigenvalue weighted by Crippen LogP contribution is 2.31. The Morgan fingerprint density at radius 2 is 1.43 bits per heavy atom. The Kier molecular flexibility index (Phi) is 5.21. The quantitative estimate of drug-likeness (QED) is 0.718. The molecule has 0 saturated carbocycles. The van der Waals surface area contributed by atoms with Crippen LogP contribution >= 0.6 is 0 Å².